The average Bonchev–Trinajstić information content (AvgIpc) is 2.71. The number of rotatable bonds is 2. The monoisotopic (exact) mass is 309 g/mol. The first-order valence-electron chi connectivity index (χ1n) is 7.17. The van der Waals surface area contributed by atoms with Gasteiger partial charge in [-0.15, -0.1) is 0 Å². The molecule has 0 spiro atoms. The summed E-state index contributed by atoms with van der Waals surface area (Å²) in [7, 11) is -3.48. The molecule has 4 rings (SSSR count). The molecule has 3 nitrogen and oxygen atoms in total. The zero-order valence-electron chi connectivity index (χ0n) is 12.2. The maximum absolute atomic E-state index is 12.9. The van der Waals surface area contributed by atoms with Crippen LogP contribution < -0.4 is 4.31 Å². The molecule has 3 aromatic rings. The van der Waals surface area contributed by atoms with Crippen LogP contribution in [0.3, 0.4) is 0 Å². The predicted molar refractivity (Wildman–Crippen MR) is 88.5 cm³/mol. The molecule has 0 fully saturated rings. The topological polar surface area (TPSA) is 37.4 Å². The molecule has 110 valence electrons. The van der Waals surface area contributed by atoms with Gasteiger partial charge in [0, 0.05) is 5.39 Å². The van der Waals surface area contributed by atoms with Gasteiger partial charge < -0.3 is 0 Å². The van der Waals surface area contributed by atoms with Gasteiger partial charge in [-0.3, -0.25) is 4.31 Å². The second-order valence-electron chi connectivity index (χ2n) is 5.63. The van der Waals surface area contributed by atoms with E-state index < -0.39 is 10.0 Å². The Bertz CT molecular complexity index is 988. The van der Waals surface area contributed by atoms with Crippen molar-refractivity contribution in [2.45, 2.75) is 18.4 Å². The molecule has 0 aliphatic carbocycles. The standard InChI is InChI=1S/C18H15NO2S/c1-13-5-2-6-14(11-13)12-19-16-9-3-7-15-8-4-10-17(18(15)16)22(19,20)21/h2-11H,12H2,1H3. The summed E-state index contributed by atoms with van der Waals surface area (Å²) in [5.41, 5.74) is 2.90. The summed E-state index contributed by atoms with van der Waals surface area (Å²) in [4.78, 5) is 0.410. The number of hydrogen-bond donors (Lipinski definition) is 0. The summed E-state index contributed by atoms with van der Waals surface area (Å²) >= 11 is 0. The van der Waals surface area contributed by atoms with Crippen molar-refractivity contribution in [1.82, 2.24) is 0 Å². The first kappa shape index (κ1) is 13.3. The van der Waals surface area contributed by atoms with Crippen LogP contribution in [0.15, 0.2) is 65.6 Å². The van der Waals surface area contributed by atoms with Crippen molar-refractivity contribution in [3.63, 3.8) is 0 Å². The maximum atomic E-state index is 12.9. The molecule has 0 unspecified atom stereocenters. The molecule has 0 amide bonds. The van der Waals surface area contributed by atoms with E-state index in [-0.39, 0.29) is 0 Å². The van der Waals surface area contributed by atoms with Gasteiger partial charge in [0.15, 0.2) is 0 Å². The molecule has 1 aliphatic rings. The van der Waals surface area contributed by atoms with E-state index in [4.69, 9.17) is 0 Å². The lowest BCUT2D eigenvalue weighted by Gasteiger charge is -2.19. The van der Waals surface area contributed by atoms with Crippen molar-refractivity contribution in [3.05, 3.63) is 71.8 Å². The number of aryl methyl sites for hydroxylation is 1. The average molecular weight is 309 g/mol. The van der Waals surface area contributed by atoms with Crippen LogP contribution >= 0.6 is 0 Å². The summed E-state index contributed by atoms with van der Waals surface area (Å²) < 4.78 is 27.3. The molecule has 0 saturated carbocycles. The van der Waals surface area contributed by atoms with Gasteiger partial charge in [0.25, 0.3) is 10.0 Å². The molecule has 0 radical (unpaired) electrons. The third kappa shape index (κ3) is 1.84. The van der Waals surface area contributed by atoms with Gasteiger partial charge in [0.1, 0.15) is 0 Å². The van der Waals surface area contributed by atoms with Gasteiger partial charge in [0.05, 0.1) is 17.1 Å². The molecule has 1 aliphatic heterocycles. The molecule has 0 N–H and O–H groups in total. The van der Waals surface area contributed by atoms with E-state index in [1.54, 1.807) is 12.1 Å². The second-order valence-corrected chi connectivity index (χ2v) is 7.46. The summed E-state index contributed by atoms with van der Waals surface area (Å²) in [6.45, 7) is 2.37. The van der Waals surface area contributed by atoms with Gasteiger partial charge in [0.2, 0.25) is 0 Å². The number of anilines is 1. The summed E-state index contributed by atoms with van der Waals surface area (Å²) in [5.74, 6) is 0. The molecule has 1 heterocycles. The largest absolute Gasteiger partial charge is 0.265 e. The van der Waals surface area contributed by atoms with Gasteiger partial charge in [-0.1, -0.05) is 54.1 Å². The Kier molecular flexibility index (Phi) is 2.78. The van der Waals surface area contributed by atoms with E-state index in [1.165, 1.54) is 4.31 Å². The van der Waals surface area contributed by atoms with Crippen LogP contribution in [0.1, 0.15) is 11.1 Å². The fourth-order valence-electron chi connectivity index (χ4n) is 3.10. The molecular formula is C18H15NO2S. The molecule has 22 heavy (non-hydrogen) atoms. The number of sulfonamides is 1. The van der Waals surface area contributed by atoms with E-state index in [9.17, 15) is 8.42 Å². The highest BCUT2D eigenvalue weighted by Gasteiger charge is 2.35. The highest BCUT2D eigenvalue weighted by atomic mass is 32.2. The molecule has 0 bridgehead atoms. The number of nitrogens with zero attached hydrogens (tertiary/aromatic N) is 1. The molecule has 4 heteroatoms. The normalized spacial score (nSPS) is 15.4. The van der Waals surface area contributed by atoms with Gasteiger partial charge in [-0.25, -0.2) is 8.42 Å². The van der Waals surface area contributed by atoms with Crippen LogP contribution in [-0.4, -0.2) is 8.42 Å². The van der Waals surface area contributed by atoms with Crippen molar-refractivity contribution in [2.75, 3.05) is 4.31 Å². The van der Waals surface area contributed by atoms with Gasteiger partial charge in [-0.2, -0.15) is 0 Å². The molecular weight excluding hydrogens is 294 g/mol. The van der Waals surface area contributed by atoms with Crippen molar-refractivity contribution >= 4 is 26.5 Å². The van der Waals surface area contributed by atoms with E-state index in [0.29, 0.717) is 11.4 Å². The predicted octanol–water partition coefficient (Wildman–Crippen LogP) is 3.86. The Balaban J connectivity index is 1.90. The number of benzene rings is 3. The summed E-state index contributed by atoms with van der Waals surface area (Å²) in [6.07, 6.45) is 0. The van der Waals surface area contributed by atoms with Crippen molar-refractivity contribution in [2.24, 2.45) is 0 Å². The number of hydrogen-bond acceptors (Lipinski definition) is 2. The maximum Gasteiger partial charge on any atom is 0.265 e. The van der Waals surface area contributed by atoms with Crippen LogP contribution in [0.25, 0.3) is 10.8 Å². The van der Waals surface area contributed by atoms with Crippen LogP contribution in [0.5, 0.6) is 0 Å². The Morgan fingerprint density at radius 2 is 1.68 bits per heavy atom. The van der Waals surface area contributed by atoms with E-state index in [2.05, 4.69) is 0 Å². The Morgan fingerprint density at radius 3 is 2.45 bits per heavy atom. The lowest BCUT2D eigenvalue weighted by molar-refractivity contribution is 0.593. The van der Waals surface area contributed by atoms with E-state index in [1.807, 2.05) is 55.5 Å². The fraction of sp³-hybridized carbons (Fsp3) is 0.111. The fourth-order valence-corrected chi connectivity index (χ4v) is 4.80. The third-order valence-corrected chi connectivity index (χ3v) is 5.89. The zero-order valence-corrected chi connectivity index (χ0v) is 13.0. The van der Waals surface area contributed by atoms with E-state index in [0.717, 1.165) is 27.6 Å². The Morgan fingerprint density at radius 1 is 0.955 bits per heavy atom. The van der Waals surface area contributed by atoms with Crippen molar-refractivity contribution < 1.29 is 8.42 Å². The molecule has 0 saturated heterocycles. The van der Waals surface area contributed by atoms with Crippen molar-refractivity contribution in [3.8, 4) is 0 Å². The van der Waals surface area contributed by atoms with Crippen LogP contribution in [-0.2, 0) is 16.6 Å². The Labute approximate surface area is 129 Å². The minimum Gasteiger partial charge on any atom is -0.261 e. The van der Waals surface area contributed by atoms with Crippen molar-refractivity contribution in [1.29, 1.82) is 0 Å². The Hall–Kier alpha value is -2.33. The SMILES string of the molecule is Cc1cccc(CN2c3cccc4cccc(c34)S2(=O)=O)c1. The molecule has 0 aromatic heterocycles. The quantitative estimate of drug-likeness (QED) is 0.721. The van der Waals surface area contributed by atoms with E-state index >= 15 is 0 Å². The van der Waals surface area contributed by atoms with Crippen LogP contribution in [0, 0.1) is 6.92 Å². The second kappa shape index (κ2) is 4.58. The highest BCUT2D eigenvalue weighted by Crippen LogP contribution is 2.42. The minimum atomic E-state index is -3.48. The summed E-state index contributed by atoms with van der Waals surface area (Å²) in [6, 6.07) is 19.1. The molecule has 3 aromatic carbocycles. The lowest BCUT2D eigenvalue weighted by Crippen LogP contribution is -2.26. The van der Waals surface area contributed by atoms with Crippen LogP contribution in [0.4, 0.5) is 5.69 Å². The smallest absolute Gasteiger partial charge is 0.261 e. The molecule has 0 atom stereocenters. The highest BCUT2D eigenvalue weighted by molar-refractivity contribution is 7.93. The van der Waals surface area contributed by atoms with Gasteiger partial charge >= 0.3 is 0 Å². The zero-order chi connectivity index (χ0) is 15.3. The first-order valence-corrected chi connectivity index (χ1v) is 8.61. The van der Waals surface area contributed by atoms with Crippen LogP contribution in [0.2, 0.25) is 0 Å². The van der Waals surface area contributed by atoms with Gasteiger partial charge in [-0.05, 0) is 30.0 Å². The summed E-state index contributed by atoms with van der Waals surface area (Å²) in [5, 5.41) is 1.79. The third-order valence-electron chi connectivity index (χ3n) is 4.09. The minimum absolute atomic E-state index is 0.359. The first-order chi connectivity index (χ1) is 10.6. The lowest BCUT2D eigenvalue weighted by atomic mass is 10.1.